The summed E-state index contributed by atoms with van der Waals surface area (Å²) in [6, 6.07) is 0. The largest absolute Gasteiger partial charge is 0.381 e. The SMILES string of the molecule is CCCCCCCOCCC(C)C. The molecule has 0 unspecified atom stereocenters. The molecule has 0 aromatic rings. The summed E-state index contributed by atoms with van der Waals surface area (Å²) in [6.07, 6.45) is 7.88. The minimum absolute atomic E-state index is 0.778. The highest BCUT2D eigenvalue weighted by molar-refractivity contribution is 4.44. The van der Waals surface area contributed by atoms with Crippen LogP contribution in [0.25, 0.3) is 0 Å². The van der Waals surface area contributed by atoms with Gasteiger partial charge in [-0.1, -0.05) is 46.5 Å². The third-order valence-electron chi connectivity index (χ3n) is 2.23. The van der Waals surface area contributed by atoms with Gasteiger partial charge < -0.3 is 4.74 Å². The van der Waals surface area contributed by atoms with Gasteiger partial charge in [-0.15, -0.1) is 0 Å². The van der Waals surface area contributed by atoms with Crippen LogP contribution in [0.2, 0.25) is 0 Å². The van der Waals surface area contributed by atoms with E-state index in [4.69, 9.17) is 4.74 Å². The van der Waals surface area contributed by atoms with E-state index in [0.29, 0.717) is 0 Å². The van der Waals surface area contributed by atoms with E-state index in [0.717, 1.165) is 19.1 Å². The molecule has 0 saturated carbocycles. The van der Waals surface area contributed by atoms with E-state index in [-0.39, 0.29) is 0 Å². The molecule has 1 heteroatoms. The van der Waals surface area contributed by atoms with Crippen molar-refractivity contribution in [3.8, 4) is 0 Å². The van der Waals surface area contributed by atoms with Gasteiger partial charge in [0.25, 0.3) is 0 Å². The van der Waals surface area contributed by atoms with E-state index >= 15 is 0 Å². The molecule has 0 aromatic heterocycles. The van der Waals surface area contributed by atoms with Crippen molar-refractivity contribution in [1.29, 1.82) is 0 Å². The van der Waals surface area contributed by atoms with Crippen LogP contribution in [-0.4, -0.2) is 13.2 Å². The van der Waals surface area contributed by atoms with Crippen LogP contribution in [0.4, 0.5) is 0 Å². The Labute approximate surface area is 83.9 Å². The van der Waals surface area contributed by atoms with Gasteiger partial charge >= 0.3 is 0 Å². The summed E-state index contributed by atoms with van der Waals surface area (Å²) in [5.41, 5.74) is 0. The lowest BCUT2D eigenvalue weighted by atomic mass is 10.1. The molecule has 0 atom stereocenters. The molecule has 0 heterocycles. The lowest BCUT2D eigenvalue weighted by Gasteiger charge is -2.05. The number of hydrogen-bond donors (Lipinski definition) is 0. The molecule has 80 valence electrons. The zero-order valence-electron chi connectivity index (χ0n) is 9.64. The smallest absolute Gasteiger partial charge is 0.0468 e. The number of ether oxygens (including phenoxy) is 1. The summed E-state index contributed by atoms with van der Waals surface area (Å²) in [6.45, 7) is 8.65. The zero-order chi connectivity index (χ0) is 9.94. The normalized spacial score (nSPS) is 11.1. The van der Waals surface area contributed by atoms with Crippen LogP contribution >= 0.6 is 0 Å². The van der Waals surface area contributed by atoms with Gasteiger partial charge in [0.15, 0.2) is 0 Å². The van der Waals surface area contributed by atoms with Gasteiger partial charge in [0.2, 0.25) is 0 Å². The first-order valence-electron chi connectivity index (χ1n) is 5.85. The van der Waals surface area contributed by atoms with Crippen LogP contribution in [0.15, 0.2) is 0 Å². The molecule has 0 aromatic carbocycles. The van der Waals surface area contributed by atoms with Crippen molar-refractivity contribution >= 4 is 0 Å². The van der Waals surface area contributed by atoms with Crippen molar-refractivity contribution in [2.24, 2.45) is 5.92 Å². The quantitative estimate of drug-likeness (QED) is 0.494. The molecule has 0 aliphatic carbocycles. The molecule has 0 saturated heterocycles. The molecule has 13 heavy (non-hydrogen) atoms. The number of unbranched alkanes of at least 4 members (excludes halogenated alkanes) is 4. The second-order valence-corrected chi connectivity index (χ2v) is 4.21. The average Bonchev–Trinajstić information content (AvgIpc) is 2.09. The van der Waals surface area contributed by atoms with Gasteiger partial charge in [-0.2, -0.15) is 0 Å². The molecular formula is C12H26O. The van der Waals surface area contributed by atoms with E-state index in [1.54, 1.807) is 0 Å². The van der Waals surface area contributed by atoms with Crippen LogP contribution < -0.4 is 0 Å². The van der Waals surface area contributed by atoms with Gasteiger partial charge in [0.05, 0.1) is 0 Å². The van der Waals surface area contributed by atoms with Crippen LogP contribution in [0.1, 0.15) is 59.3 Å². The first-order chi connectivity index (χ1) is 6.27. The average molecular weight is 186 g/mol. The van der Waals surface area contributed by atoms with E-state index in [9.17, 15) is 0 Å². The Morgan fingerprint density at radius 1 is 0.923 bits per heavy atom. The summed E-state index contributed by atoms with van der Waals surface area (Å²) in [7, 11) is 0. The Balaban J connectivity index is 2.84. The number of rotatable bonds is 9. The Kier molecular flexibility index (Phi) is 10.0. The molecule has 0 aliphatic rings. The Hall–Kier alpha value is -0.0400. The minimum atomic E-state index is 0.778. The van der Waals surface area contributed by atoms with Gasteiger partial charge in [0, 0.05) is 13.2 Å². The first-order valence-corrected chi connectivity index (χ1v) is 5.85. The molecule has 0 spiro atoms. The molecule has 0 bridgehead atoms. The molecule has 0 rings (SSSR count). The monoisotopic (exact) mass is 186 g/mol. The van der Waals surface area contributed by atoms with Gasteiger partial charge in [-0.05, 0) is 18.8 Å². The maximum Gasteiger partial charge on any atom is 0.0468 e. The van der Waals surface area contributed by atoms with Crippen LogP contribution in [0, 0.1) is 5.92 Å². The summed E-state index contributed by atoms with van der Waals surface area (Å²) < 4.78 is 5.52. The molecular weight excluding hydrogens is 160 g/mol. The fraction of sp³-hybridized carbons (Fsp3) is 1.00. The highest BCUT2D eigenvalue weighted by atomic mass is 16.5. The molecule has 0 radical (unpaired) electrons. The van der Waals surface area contributed by atoms with E-state index in [1.807, 2.05) is 0 Å². The van der Waals surface area contributed by atoms with Crippen LogP contribution in [0.5, 0.6) is 0 Å². The maximum atomic E-state index is 5.52. The molecule has 1 nitrogen and oxygen atoms in total. The third-order valence-corrected chi connectivity index (χ3v) is 2.23. The second kappa shape index (κ2) is 10.0. The van der Waals surface area contributed by atoms with E-state index < -0.39 is 0 Å². The summed E-state index contributed by atoms with van der Waals surface area (Å²) >= 11 is 0. The Morgan fingerprint density at radius 3 is 2.23 bits per heavy atom. The van der Waals surface area contributed by atoms with Crippen molar-refractivity contribution in [1.82, 2.24) is 0 Å². The lowest BCUT2D eigenvalue weighted by Crippen LogP contribution is -2.00. The fourth-order valence-electron chi connectivity index (χ4n) is 1.23. The van der Waals surface area contributed by atoms with E-state index in [1.165, 1.54) is 38.5 Å². The summed E-state index contributed by atoms with van der Waals surface area (Å²) in [5, 5.41) is 0. The van der Waals surface area contributed by atoms with Crippen molar-refractivity contribution < 1.29 is 4.74 Å². The van der Waals surface area contributed by atoms with E-state index in [2.05, 4.69) is 20.8 Å². The predicted molar refractivity (Wildman–Crippen MR) is 59.0 cm³/mol. The van der Waals surface area contributed by atoms with Gasteiger partial charge in [0.1, 0.15) is 0 Å². The van der Waals surface area contributed by atoms with Gasteiger partial charge in [-0.3, -0.25) is 0 Å². The second-order valence-electron chi connectivity index (χ2n) is 4.21. The summed E-state index contributed by atoms with van der Waals surface area (Å²) in [4.78, 5) is 0. The highest BCUT2D eigenvalue weighted by Crippen LogP contribution is 2.03. The molecule has 0 N–H and O–H groups in total. The lowest BCUT2D eigenvalue weighted by molar-refractivity contribution is 0.119. The standard InChI is InChI=1S/C12H26O/c1-4-5-6-7-8-10-13-11-9-12(2)3/h12H,4-11H2,1-3H3. The minimum Gasteiger partial charge on any atom is -0.381 e. The number of hydrogen-bond acceptors (Lipinski definition) is 1. The van der Waals surface area contributed by atoms with Crippen molar-refractivity contribution in [3.05, 3.63) is 0 Å². The van der Waals surface area contributed by atoms with Crippen molar-refractivity contribution in [3.63, 3.8) is 0 Å². The predicted octanol–water partition coefficient (Wildman–Crippen LogP) is 4.02. The first kappa shape index (κ1) is 13.0. The summed E-state index contributed by atoms with van der Waals surface area (Å²) in [5.74, 6) is 0.778. The van der Waals surface area contributed by atoms with Crippen molar-refractivity contribution in [2.45, 2.75) is 59.3 Å². The van der Waals surface area contributed by atoms with Crippen molar-refractivity contribution in [2.75, 3.05) is 13.2 Å². The highest BCUT2D eigenvalue weighted by Gasteiger charge is 1.93. The maximum absolute atomic E-state index is 5.52. The zero-order valence-corrected chi connectivity index (χ0v) is 9.64. The molecule has 0 aliphatic heterocycles. The topological polar surface area (TPSA) is 9.23 Å². The molecule has 0 fully saturated rings. The van der Waals surface area contributed by atoms with Crippen LogP contribution in [0.3, 0.4) is 0 Å². The Bertz CT molecular complexity index is 89.1. The third kappa shape index (κ3) is 12.0. The Morgan fingerprint density at radius 2 is 1.62 bits per heavy atom. The van der Waals surface area contributed by atoms with Crippen LogP contribution in [-0.2, 0) is 4.74 Å². The van der Waals surface area contributed by atoms with Gasteiger partial charge in [-0.25, -0.2) is 0 Å². The molecule has 0 amide bonds. The fourth-order valence-corrected chi connectivity index (χ4v) is 1.23.